The van der Waals surface area contributed by atoms with Crippen LogP contribution in [0, 0.1) is 0 Å². The van der Waals surface area contributed by atoms with E-state index in [4.69, 9.17) is 4.74 Å². The molecule has 1 aliphatic carbocycles. The normalized spacial score (nSPS) is 12.7. The van der Waals surface area contributed by atoms with E-state index < -0.39 is 80.6 Å². The maximum atomic E-state index is 12.8. The number of ketones is 2. The fraction of sp³-hybridized carbons (Fsp3) is 0.211. The van der Waals surface area contributed by atoms with Gasteiger partial charge in [0.2, 0.25) is 5.78 Å². The molecule has 31 heavy (non-hydrogen) atoms. The standard InChI is InChI=1S/C19H14N2O10/c1-19(2,3)31-18(30)21-9(17(28)29)5-7-12(21)10-6(15(24)25)4-8(16(26)27)20-11(10)14(23)13(7)22/h4-5H,1-3H3,(H,24,25)(H,26,27)(H,28,29). The van der Waals surface area contributed by atoms with Crippen LogP contribution in [0.4, 0.5) is 4.79 Å². The number of fused-ring (bicyclic) bond motifs is 3. The van der Waals surface area contributed by atoms with E-state index in [9.17, 15) is 44.1 Å². The number of carbonyl (C=O) groups is 6. The van der Waals surface area contributed by atoms with Gasteiger partial charge in [-0.2, -0.15) is 0 Å². The maximum Gasteiger partial charge on any atom is 0.419 e. The van der Waals surface area contributed by atoms with Crippen LogP contribution in [-0.4, -0.2) is 66.0 Å². The van der Waals surface area contributed by atoms with Crippen LogP contribution in [0.1, 0.15) is 73.0 Å². The van der Waals surface area contributed by atoms with E-state index in [-0.39, 0.29) is 0 Å². The molecule has 0 saturated carbocycles. The Morgan fingerprint density at radius 2 is 1.55 bits per heavy atom. The summed E-state index contributed by atoms with van der Waals surface area (Å²) < 4.78 is 5.64. The third kappa shape index (κ3) is 3.43. The van der Waals surface area contributed by atoms with E-state index in [1.54, 1.807) is 0 Å². The topological polar surface area (TPSA) is 190 Å². The summed E-state index contributed by atoms with van der Waals surface area (Å²) in [4.78, 5) is 76.4. The monoisotopic (exact) mass is 430 g/mol. The molecule has 0 unspecified atom stereocenters. The quantitative estimate of drug-likeness (QED) is 0.602. The van der Waals surface area contributed by atoms with Crippen molar-refractivity contribution in [2.45, 2.75) is 26.4 Å². The summed E-state index contributed by atoms with van der Waals surface area (Å²) in [5, 5.41) is 28.3. The number of rotatable bonds is 3. The Labute approximate surface area is 172 Å². The Morgan fingerprint density at radius 3 is 2.03 bits per heavy atom. The third-order valence-electron chi connectivity index (χ3n) is 4.17. The maximum absolute atomic E-state index is 12.8. The van der Waals surface area contributed by atoms with Crippen molar-refractivity contribution in [3.8, 4) is 11.3 Å². The Kier molecular flexibility index (Phi) is 4.73. The molecule has 12 nitrogen and oxygen atoms in total. The minimum Gasteiger partial charge on any atom is -0.478 e. The fourth-order valence-corrected chi connectivity index (χ4v) is 3.04. The summed E-state index contributed by atoms with van der Waals surface area (Å²) >= 11 is 0. The lowest BCUT2D eigenvalue weighted by atomic mass is 9.88. The number of carboxylic acids is 3. The zero-order valence-electron chi connectivity index (χ0n) is 16.2. The lowest BCUT2D eigenvalue weighted by Crippen LogP contribution is -2.31. The van der Waals surface area contributed by atoms with Crippen LogP contribution in [0.15, 0.2) is 12.1 Å². The van der Waals surface area contributed by atoms with Gasteiger partial charge in [0, 0.05) is 5.56 Å². The number of aromatic nitrogens is 2. The molecule has 1 aliphatic rings. The number of carboxylic acid groups (broad SMARTS) is 3. The van der Waals surface area contributed by atoms with Gasteiger partial charge in [0.25, 0.3) is 5.78 Å². The molecule has 0 amide bonds. The van der Waals surface area contributed by atoms with Gasteiger partial charge in [0.05, 0.1) is 16.8 Å². The van der Waals surface area contributed by atoms with E-state index in [1.165, 1.54) is 20.8 Å². The molecule has 2 aromatic rings. The Balaban J connectivity index is 2.49. The largest absolute Gasteiger partial charge is 0.478 e. The highest BCUT2D eigenvalue weighted by molar-refractivity contribution is 6.53. The third-order valence-corrected chi connectivity index (χ3v) is 4.17. The molecule has 0 radical (unpaired) electrons. The first-order valence-corrected chi connectivity index (χ1v) is 8.58. The number of hydrogen-bond acceptors (Lipinski definition) is 8. The van der Waals surface area contributed by atoms with Gasteiger partial charge in [-0.05, 0) is 32.9 Å². The van der Waals surface area contributed by atoms with Crippen molar-refractivity contribution in [3.63, 3.8) is 0 Å². The van der Waals surface area contributed by atoms with Crippen LogP contribution < -0.4 is 0 Å². The second-order valence-corrected chi connectivity index (χ2v) is 7.46. The zero-order chi connectivity index (χ0) is 23.4. The van der Waals surface area contributed by atoms with Gasteiger partial charge >= 0.3 is 24.0 Å². The molecule has 0 spiro atoms. The van der Waals surface area contributed by atoms with Crippen molar-refractivity contribution >= 4 is 35.6 Å². The Bertz CT molecular complexity index is 1230. The first kappa shape index (κ1) is 21.4. The molecule has 160 valence electrons. The van der Waals surface area contributed by atoms with Gasteiger partial charge < -0.3 is 20.1 Å². The molecular weight excluding hydrogens is 416 g/mol. The summed E-state index contributed by atoms with van der Waals surface area (Å²) in [6, 6.07) is 1.39. The van der Waals surface area contributed by atoms with Crippen LogP contribution >= 0.6 is 0 Å². The minimum absolute atomic E-state index is 0.459. The molecule has 0 aromatic carbocycles. The second kappa shape index (κ2) is 6.86. The summed E-state index contributed by atoms with van der Waals surface area (Å²) in [6.07, 6.45) is -1.25. The minimum atomic E-state index is -1.69. The smallest absolute Gasteiger partial charge is 0.419 e. The van der Waals surface area contributed by atoms with Crippen LogP contribution in [0.3, 0.4) is 0 Å². The van der Waals surface area contributed by atoms with E-state index in [2.05, 4.69) is 4.98 Å². The average molecular weight is 430 g/mol. The highest BCUT2D eigenvalue weighted by atomic mass is 16.6. The number of hydrogen-bond donors (Lipinski definition) is 3. The van der Waals surface area contributed by atoms with Gasteiger partial charge in [-0.3, -0.25) is 9.59 Å². The number of carbonyl (C=O) groups excluding carboxylic acids is 3. The predicted molar refractivity (Wildman–Crippen MR) is 98.8 cm³/mol. The molecule has 0 atom stereocenters. The van der Waals surface area contributed by atoms with Crippen molar-refractivity contribution < 1.29 is 48.8 Å². The van der Waals surface area contributed by atoms with Crippen molar-refractivity contribution in [1.82, 2.24) is 9.55 Å². The van der Waals surface area contributed by atoms with E-state index >= 15 is 0 Å². The molecule has 2 aromatic heterocycles. The van der Waals surface area contributed by atoms with Gasteiger partial charge in [-0.15, -0.1) is 0 Å². The van der Waals surface area contributed by atoms with Gasteiger partial charge in [0.15, 0.2) is 0 Å². The van der Waals surface area contributed by atoms with Gasteiger partial charge in [-0.1, -0.05) is 0 Å². The van der Waals surface area contributed by atoms with Crippen molar-refractivity contribution in [2.75, 3.05) is 0 Å². The molecule has 2 heterocycles. The average Bonchev–Trinajstić information content (AvgIpc) is 3.04. The molecule has 0 fully saturated rings. The Hall–Kier alpha value is -4.35. The van der Waals surface area contributed by atoms with Gasteiger partial charge in [-0.25, -0.2) is 28.7 Å². The molecule has 12 heteroatoms. The number of aromatic carboxylic acids is 3. The molecule has 0 saturated heterocycles. The summed E-state index contributed by atoms with van der Waals surface area (Å²) in [5.74, 6) is -7.63. The second-order valence-electron chi connectivity index (χ2n) is 7.46. The summed E-state index contributed by atoms with van der Waals surface area (Å²) in [6.45, 7) is 4.48. The highest BCUT2D eigenvalue weighted by Gasteiger charge is 2.42. The lowest BCUT2D eigenvalue weighted by Gasteiger charge is -2.23. The molecule has 0 aliphatic heterocycles. The number of pyridine rings is 1. The SMILES string of the molecule is CC(C)(C)OC(=O)n1c(C(=O)O)cc2c1-c1c(C(=O)O)cc(C(=O)O)nc1C(=O)C2=O. The van der Waals surface area contributed by atoms with Crippen LogP contribution in [0.25, 0.3) is 11.3 Å². The molecule has 0 bridgehead atoms. The molecule has 3 rings (SSSR count). The van der Waals surface area contributed by atoms with E-state index in [0.29, 0.717) is 10.6 Å². The van der Waals surface area contributed by atoms with Gasteiger partial charge in [0.1, 0.15) is 22.7 Å². The van der Waals surface area contributed by atoms with Crippen LogP contribution in [-0.2, 0) is 4.74 Å². The first-order chi connectivity index (χ1) is 14.2. The first-order valence-electron chi connectivity index (χ1n) is 8.58. The van der Waals surface area contributed by atoms with Crippen LogP contribution in [0.2, 0.25) is 0 Å². The number of Topliss-reactive ketones (excluding diaryl/α,β-unsaturated/α-hetero) is 2. The molecule has 3 N–H and O–H groups in total. The summed E-state index contributed by atoms with van der Waals surface area (Å²) in [5.41, 5.74) is -5.90. The fourth-order valence-electron chi connectivity index (χ4n) is 3.04. The predicted octanol–water partition coefficient (Wildman–Crippen LogP) is 1.81. The molecular formula is C19H14N2O10. The zero-order valence-corrected chi connectivity index (χ0v) is 16.2. The highest BCUT2D eigenvalue weighted by Crippen LogP contribution is 2.38. The lowest BCUT2D eigenvalue weighted by molar-refractivity contribution is 0.0507. The van der Waals surface area contributed by atoms with Crippen molar-refractivity contribution in [2.24, 2.45) is 0 Å². The van der Waals surface area contributed by atoms with Crippen LogP contribution in [0.5, 0.6) is 0 Å². The number of ether oxygens (including phenoxy) is 1. The summed E-state index contributed by atoms with van der Waals surface area (Å²) in [7, 11) is 0. The van der Waals surface area contributed by atoms with Crippen molar-refractivity contribution in [3.05, 3.63) is 40.3 Å². The van der Waals surface area contributed by atoms with E-state index in [1.807, 2.05) is 0 Å². The Morgan fingerprint density at radius 1 is 0.935 bits per heavy atom. The number of nitrogens with zero attached hydrogens (tertiary/aromatic N) is 2. The van der Waals surface area contributed by atoms with Crippen molar-refractivity contribution in [1.29, 1.82) is 0 Å². The van der Waals surface area contributed by atoms with E-state index in [0.717, 1.165) is 6.07 Å².